The first-order valence-electron chi connectivity index (χ1n) is 3.35. The summed E-state index contributed by atoms with van der Waals surface area (Å²) in [5.74, 6) is 0. The van der Waals surface area contributed by atoms with Gasteiger partial charge in [-0.2, -0.15) is 0 Å². The van der Waals surface area contributed by atoms with Crippen LogP contribution in [0, 0.1) is 0 Å². The Morgan fingerprint density at radius 2 is 1.12 bits per heavy atom. The first kappa shape index (κ1) is 10.9. The van der Waals surface area contributed by atoms with E-state index >= 15 is 0 Å². The van der Waals surface area contributed by atoms with Crippen molar-refractivity contribution in [3.63, 3.8) is 0 Å². The van der Waals surface area contributed by atoms with E-state index in [1.165, 1.54) is 19.0 Å². The van der Waals surface area contributed by atoms with Crippen LogP contribution in [0.15, 0.2) is 0 Å². The molecule has 0 aliphatic heterocycles. The predicted molar refractivity (Wildman–Crippen MR) is 39.3 cm³/mol. The second-order valence-corrected chi connectivity index (χ2v) is 2.09. The SMILES string of the molecule is CCB(CC)CC.[N]. The van der Waals surface area contributed by atoms with Gasteiger partial charge in [0.1, 0.15) is 6.71 Å². The molecule has 2 heteroatoms. The molecular weight excluding hydrogens is 96.9 g/mol. The van der Waals surface area contributed by atoms with E-state index in [-0.39, 0.29) is 6.15 Å². The van der Waals surface area contributed by atoms with Gasteiger partial charge >= 0.3 is 0 Å². The van der Waals surface area contributed by atoms with E-state index in [1.807, 2.05) is 0 Å². The minimum absolute atomic E-state index is 0. The third-order valence-corrected chi connectivity index (χ3v) is 1.73. The van der Waals surface area contributed by atoms with Crippen molar-refractivity contribution in [2.75, 3.05) is 0 Å². The molecule has 0 spiro atoms. The van der Waals surface area contributed by atoms with Crippen molar-refractivity contribution in [1.82, 2.24) is 6.15 Å². The van der Waals surface area contributed by atoms with E-state index in [1.54, 1.807) is 0 Å². The Morgan fingerprint density at radius 3 is 1.12 bits per heavy atom. The fourth-order valence-corrected chi connectivity index (χ4v) is 0.866. The van der Waals surface area contributed by atoms with Gasteiger partial charge in [0.15, 0.2) is 0 Å². The van der Waals surface area contributed by atoms with Crippen molar-refractivity contribution in [3.8, 4) is 0 Å². The van der Waals surface area contributed by atoms with Crippen molar-refractivity contribution in [2.24, 2.45) is 0 Å². The van der Waals surface area contributed by atoms with Gasteiger partial charge in [0.25, 0.3) is 0 Å². The highest BCUT2D eigenvalue weighted by Gasteiger charge is 2.01. The molecule has 3 radical (unpaired) electrons. The van der Waals surface area contributed by atoms with Crippen LogP contribution in [0.25, 0.3) is 0 Å². The molecule has 47 valence electrons. The van der Waals surface area contributed by atoms with E-state index in [0.29, 0.717) is 0 Å². The predicted octanol–water partition coefficient (Wildman–Crippen LogP) is 2.06. The largest absolute Gasteiger partial charge is 0.139 e. The lowest BCUT2D eigenvalue weighted by Gasteiger charge is -2.00. The second-order valence-electron chi connectivity index (χ2n) is 2.09. The molecule has 0 saturated heterocycles. The van der Waals surface area contributed by atoms with E-state index in [2.05, 4.69) is 20.8 Å². The molecule has 0 rings (SSSR count). The van der Waals surface area contributed by atoms with Crippen molar-refractivity contribution < 1.29 is 0 Å². The molecule has 0 unspecified atom stereocenters. The average Bonchev–Trinajstić information content (AvgIpc) is 1.72. The highest BCUT2D eigenvalue weighted by atomic mass is 14.0. The molecule has 0 amide bonds. The molecule has 0 aliphatic carbocycles. The van der Waals surface area contributed by atoms with Crippen LogP contribution in [0.3, 0.4) is 0 Å². The minimum atomic E-state index is 0. The smallest absolute Gasteiger partial charge is 0.0770 e. The zero-order chi connectivity index (χ0) is 5.70. The summed E-state index contributed by atoms with van der Waals surface area (Å²) in [6.07, 6.45) is 4.06. The molecule has 8 heavy (non-hydrogen) atoms. The van der Waals surface area contributed by atoms with E-state index in [0.717, 1.165) is 6.71 Å². The molecule has 1 nitrogen and oxygen atoms in total. The fraction of sp³-hybridized carbons (Fsp3) is 1.00. The van der Waals surface area contributed by atoms with Gasteiger partial charge in [-0.25, -0.2) is 0 Å². The Morgan fingerprint density at radius 1 is 0.875 bits per heavy atom. The normalized spacial score (nSPS) is 7.88. The first-order valence-corrected chi connectivity index (χ1v) is 3.35. The lowest BCUT2D eigenvalue weighted by atomic mass is 9.44. The van der Waals surface area contributed by atoms with Gasteiger partial charge in [0.05, 0.1) is 0 Å². The Balaban J connectivity index is 0. The molecule has 0 atom stereocenters. The second kappa shape index (κ2) is 7.02. The molecule has 0 aliphatic rings. The van der Waals surface area contributed by atoms with Crippen molar-refractivity contribution >= 4 is 6.71 Å². The van der Waals surface area contributed by atoms with Crippen LogP contribution in [0.1, 0.15) is 20.8 Å². The van der Waals surface area contributed by atoms with Gasteiger partial charge < -0.3 is 0 Å². The molecule has 0 N–H and O–H groups in total. The van der Waals surface area contributed by atoms with Crippen LogP contribution in [0.4, 0.5) is 0 Å². The van der Waals surface area contributed by atoms with E-state index < -0.39 is 0 Å². The number of rotatable bonds is 3. The topological polar surface area (TPSA) is 30.5 Å². The maximum absolute atomic E-state index is 2.26. The molecule has 0 aromatic rings. The van der Waals surface area contributed by atoms with Crippen LogP contribution in [-0.4, -0.2) is 6.71 Å². The number of hydrogen-bond donors (Lipinski definition) is 0. The van der Waals surface area contributed by atoms with Crippen LogP contribution >= 0.6 is 0 Å². The van der Waals surface area contributed by atoms with Gasteiger partial charge in [0, 0.05) is 6.15 Å². The third-order valence-electron chi connectivity index (χ3n) is 1.73. The zero-order valence-corrected chi connectivity index (χ0v) is 6.15. The first-order chi connectivity index (χ1) is 3.35. The Bertz CT molecular complexity index is 30.0. The zero-order valence-electron chi connectivity index (χ0n) is 6.15. The number of nitrogens with zero attached hydrogens (tertiary/aromatic N) is 1. The van der Waals surface area contributed by atoms with Crippen molar-refractivity contribution in [2.45, 2.75) is 39.7 Å². The molecule has 0 aromatic carbocycles. The monoisotopic (exact) mass is 112 g/mol. The van der Waals surface area contributed by atoms with Crippen molar-refractivity contribution in [1.29, 1.82) is 0 Å². The molecule has 0 fully saturated rings. The third kappa shape index (κ3) is 4.19. The fourth-order valence-electron chi connectivity index (χ4n) is 0.866. The summed E-state index contributed by atoms with van der Waals surface area (Å²) >= 11 is 0. The summed E-state index contributed by atoms with van der Waals surface area (Å²) in [6.45, 7) is 7.77. The van der Waals surface area contributed by atoms with Crippen LogP contribution in [0.2, 0.25) is 19.0 Å². The van der Waals surface area contributed by atoms with Gasteiger partial charge in [-0.1, -0.05) is 39.7 Å². The summed E-state index contributed by atoms with van der Waals surface area (Å²) in [7, 11) is 0. The van der Waals surface area contributed by atoms with Gasteiger partial charge in [0.2, 0.25) is 0 Å². The lowest BCUT2D eigenvalue weighted by Crippen LogP contribution is -2.04. The maximum Gasteiger partial charge on any atom is 0.139 e. The molecular formula is C6H15BN. The maximum atomic E-state index is 2.26. The molecule has 0 aromatic heterocycles. The molecule has 0 saturated carbocycles. The minimum Gasteiger partial charge on any atom is -0.0770 e. The number of hydrogen-bond acceptors (Lipinski definition) is 0. The Hall–Kier alpha value is 0.0249. The van der Waals surface area contributed by atoms with Crippen LogP contribution < -0.4 is 6.15 Å². The standard InChI is InChI=1S/C6H15B.N/c1-4-7(5-2)6-3;/h4-6H2,1-3H3;. The lowest BCUT2D eigenvalue weighted by molar-refractivity contribution is 1.24. The van der Waals surface area contributed by atoms with Crippen LogP contribution in [-0.2, 0) is 0 Å². The summed E-state index contributed by atoms with van der Waals surface area (Å²) in [6, 6.07) is 0. The van der Waals surface area contributed by atoms with E-state index in [9.17, 15) is 0 Å². The Labute approximate surface area is 53.5 Å². The summed E-state index contributed by atoms with van der Waals surface area (Å²) < 4.78 is 0. The van der Waals surface area contributed by atoms with Gasteiger partial charge in [-0.15, -0.1) is 0 Å². The quantitative estimate of drug-likeness (QED) is 0.500. The van der Waals surface area contributed by atoms with Gasteiger partial charge in [-0.05, 0) is 0 Å². The molecule has 0 heterocycles. The summed E-state index contributed by atoms with van der Waals surface area (Å²) in [5.41, 5.74) is 0. The molecule has 0 bridgehead atoms. The summed E-state index contributed by atoms with van der Waals surface area (Å²) in [4.78, 5) is 0. The Kier molecular flexibility index (Phi) is 9.58. The van der Waals surface area contributed by atoms with Gasteiger partial charge in [-0.3, -0.25) is 0 Å². The van der Waals surface area contributed by atoms with E-state index in [4.69, 9.17) is 0 Å². The van der Waals surface area contributed by atoms with Crippen molar-refractivity contribution in [3.05, 3.63) is 0 Å². The summed E-state index contributed by atoms with van der Waals surface area (Å²) in [5, 5.41) is 0. The highest BCUT2D eigenvalue weighted by molar-refractivity contribution is 6.58. The van der Waals surface area contributed by atoms with Crippen LogP contribution in [0.5, 0.6) is 0 Å². The average molecular weight is 112 g/mol. The highest BCUT2D eigenvalue weighted by Crippen LogP contribution is 2.01.